The number of hydrogen-bond donors (Lipinski definition) is 2. The quantitative estimate of drug-likeness (QED) is 0.648. The second-order valence-electron chi connectivity index (χ2n) is 6.35. The van der Waals surface area contributed by atoms with Crippen molar-refractivity contribution in [3.05, 3.63) is 48.2 Å². The zero-order valence-corrected chi connectivity index (χ0v) is 15.3. The van der Waals surface area contributed by atoms with Gasteiger partial charge in [-0.25, -0.2) is 0 Å². The van der Waals surface area contributed by atoms with Gasteiger partial charge in [-0.1, -0.05) is 32.0 Å². The molecule has 6 heteroatoms. The van der Waals surface area contributed by atoms with Gasteiger partial charge in [-0.2, -0.15) is 0 Å². The standard InChI is InChI=1S/C20H25N5O/c1-3-11-25(12-4-2)19-10-9-18(23-24-19)22-20(26)13-15-14-21-17-8-6-5-7-16(15)17/h5-10,14,21H,3-4,11-13H2,1-2H3,(H,22,23,26). The number of aromatic amines is 1. The van der Waals surface area contributed by atoms with E-state index in [1.165, 1.54) is 0 Å². The summed E-state index contributed by atoms with van der Waals surface area (Å²) in [5.74, 6) is 1.23. The van der Waals surface area contributed by atoms with Crippen molar-refractivity contribution in [3.63, 3.8) is 0 Å². The molecule has 0 aliphatic rings. The third-order valence-corrected chi connectivity index (χ3v) is 4.25. The van der Waals surface area contributed by atoms with Gasteiger partial charge >= 0.3 is 0 Å². The minimum Gasteiger partial charge on any atom is -0.361 e. The molecule has 0 fully saturated rings. The molecule has 0 aliphatic carbocycles. The second-order valence-corrected chi connectivity index (χ2v) is 6.35. The predicted molar refractivity (Wildman–Crippen MR) is 105 cm³/mol. The van der Waals surface area contributed by atoms with E-state index in [1.54, 1.807) is 0 Å². The number of anilines is 2. The number of fused-ring (bicyclic) bond motifs is 1. The summed E-state index contributed by atoms with van der Waals surface area (Å²) in [7, 11) is 0. The van der Waals surface area contributed by atoms with Crippen molar-refractivity contribution < 1.29 is 4.79 Å². The highest BCUT2D eigenvalue weighted by Gasteiger charge is 2.11. The molecule has 2 N–H and O–H groups in total. The molecule has 3 rings (SSSR count). The minimum atomic E-state index is -0.101. The lowest BCUT2D eigenvalue weighted by atomic mass is 10.1. The Morgan fingerprint density at radius 3 is 2.54 bits per heavy atom. The van der Waals surface area contributed by atoms with Crippen molar-refractivity contribution in [2.45, 2.75) is 33.1 Å². The van der Waals surface area contributed by atoms with E-state index in [2.05, 4.69) is 39.2 Å². The zero-order chi connectivity index (χ0) is 18.4. The molecule has 0 bridgehead atoms. The molecule has 2 heterocycles. The first kappa shape index (κ1) is 17.9. The van der Waals surface area contributed by atoms with Crippen molar-refractivity contribution in [3.8, 4) is 0 Å². The first-order chi connectivity index (χ1) is 12.7. The summed E-state index contributed by atoms with van der Waals surface area (Å²) >= 11 is 0. The molecule has 6 nitrogen and oxygen atoms in total. The maximum Gasteiger partial charge on any atom is 0.230 e. The molecule has 0 unspecified atom stereocenters. The van der Waals surface area contributed by atoms with Gasteiger partial charge in [0.15, 0.2) is 11.6 Å². The van der Waals surface area contributed by atoms with E-state index >= 15 is 0 Å². The van der Waals surface area contributed by atoms with Crippen molar-refractivity contribution in [2.24, 2.45) is 0 Å². The van der Waals surface area contributed by atoms with Crippen LogP contribution in [-0.4, -0.2) is 34.2 Å². The molecule has 1 amide bonds. The second kappa shape index (κ2) is 8.47. The highest BCUT2D eigenvalue weighted by Crippen LogP contribution is 2.19. The van der Waals surface area contributed by atoms with E-state index < -0.39 is 0 Å². The molecule has 0 atom stereocenters. The van der Waals surface area contributed by atoms with E-state index in [9.17, 15) is 4.79 Å². The van der Waals surface area contributed by atoms with Gasteiger partial charge in [0.05, 0.1) is 6.42 Å². The fraction of sp³-hybridized carbons (Fsp3) is 0.350. The topological polar surface area (TPSA) is 73.9 Å². The smallest absolute Gasteiger partial charge is 0.230 e. The third-order valence-electron chi connectivity index (χ3n) is 4.25. The van der Waals surface area contributed by atoms with Crippen molar-refractivity contribution in [1.29, 1.82) is 0 Å². The van der Waals surface area contributed by atoms with Crippen LogP contribution in [0.5, 0.6) is 0 Å². The number of carbonyl (C=O) groups is 1. The van der Waals surface area contributed by atoms with E-state index in [-0.39, 0.29) is 5.91 Å². The first-order valence-corrected chi connectivity index (χ1v) is 9.14. The Kier molecular flexibility index (Phi) is 5.84. The van der Waals surface area contributed by atoms with Crippen LogP contribution < -0.4 is 10.2 Å². The Bertz CT molecular complexity index is 850. The highest BCUT2D eigenvalue weighted by atomic mass is 16.1. The van der Waals surface area contributed by atoms with E-state index in [0.29, 0.717) is 12.2 Å². The van der Waals surface area contributed by atoms with Crippen molar-refractivity contribution in [1.82, 2.24) is 15.2 Å². The number of para-hydroxylation sites is 1. The molecule has 136 valence electrons. The fourth-order valence-corrected chi connectivity index (χ4v) is 3.08. The zero-order valence-electron chi connectivity index (χ0n) is 15.3. The lowest BCUT2D eigenvalue weighted by Crippen LogP contribution is -2.26. The molecular formula is C20H25N5O. The van der Waals surface area contributed by atoms with Gasteiger partial charge in [-0.15, -0.1) is 10.2 Å². The van der Waals surface area contributed by atoms with Crippen LogP contribution in [0.2, 0.25) is 0 Å². The molecule has 0 spiro atoms. The van der Waals surface area contributed by atoms with Crippen LogP contribution in [0.4, 0.5) is 11.6 Å². The molecule has 0 saturated heterocycles. The average molecular weight is 351 g/mol. The Morgan fingerprint density at radius 2 is 1.85 bits per heavy atom. The summed E-state index contributed by atoms with van der Waals surface area (Å²) in [4.78, 5) is 17.7. The third kappa shape index (κ3) is 4.20. The SMILES string of the molecule is CCCN(CCC)c1ccc(NC(=O)Cc2c[nH]c3ccccc23)nn1. The number of benzene rings is 1. The van der Waals surface area contributed by atoms with Crippen LogP contribution in [-0.2, 0) is 11.2 Å². The van der Waals surface area contributed by atoms with Crippen molar-refractivity contribution >= 4 is 28.4 Å². The molecule has 0 saturated carbocycles. The molecule has 1 aromatic carbocycles. The number of amides is 1. The maximum absolute atomic E-state index is 12.3. The van der Waals surface area contributed by atoms with Crippen LogP contribution in [0, 0.1) is 0 Å². The van der Waals surface area contributed by atoms with Gasteiger partial charge in [-0.05, 0) is 36.6 Å². The predicted octanol–water partition coefficient (Wildman–Crippen LogP) is 3.77. The monoisotopic (exact) mass is 351 g/mol. The summed E-state index contributed by atoms with van der Waals surface area (Å²) in [6.07, 6.45) is 4.30. The highest BCUT2D eigenvalue weighted by molar-refractivity contribution is 5.95. The maximum atomic E-state index is 12.3. The number of nitrogens with one attached hydrogen (secondary N) is 2. The lowest BCUT2D eigenvalue weighted by molar-refractivity contribution is -0.115. The molecule has 0 radical (unpaired) electrons. The average Bonchev–Trinajstić information content (AvgIpc) is 3.05. The normalized spacial score (nSPS) is 10.8. The van der Waals surface area contributed by atoms with Gasteiger partial charge in [0.25, 0.3) is 0 Å². The summed E-state index contributed by atoms with van der Waals surface area (Å²) in [5.41, 5.74) is 2.01. The Morgan fingerprint density at radius 1 is 1.08 bits per heavy atom. The van der Waals surface area contributed by atoms with Gasteiger partial charge in [0.1, 0.15) is 0 Å². The number of rotatable bonds is 8. The number of aromatic nitrogens is 3. The van der Waals surface area contributed by atoms with Gasteiger partial charge in [0, 0.05) is 30.2 Å². The molecular weight excluding hydrogens is 326 g/mol. The summed E-state index contributed by atoms with van der Waals surface area (Å²) in [5, 5.41) is 12.3. The number of carbonyl (C=O) groups excluding carboxylic acids is 1. The first-order valence-electron chi connectivity index (χ1n) is 9.14. The van der Waals surface area contributed by atoms with E-state index in [0.717, 1.165) is 48.2 Å². The summed E-state index contributed by atoms with van der Waals surface area (Å²) in [6.45, 7) is 6.20. The molecule has 0 aliphatic heterocycles. The van der Waals surface area contributed by atoms with E-state index in [4.69, 9.17) is 0 Å². The van der Waals surface area contributed by atoms with Gasteiger partial charge < -0.3 is 15.2 Å². The van der Waals surface area contributed by atoms with Crippen molar-refractivity contribution in [2.75, 3.05) is 23.3 Å². The van der Waals surface area contributed by atoms with Crippen LogP contribution in [0.3, 0.4) is 0 Å². The minimum absolute atomic E-state index is 0.101. The summed E-state index contributed by atoms with van der Waals surface area (Å²) < 4.78 is 0. The molecule has 26 heavy (non-hydrogen) atoms. The number of H-pyrrole nitrogens is 1. The Hall–Kier alpha value is -2.89. The van der Waals surface area contributed by atoms with Crippen LogP contribution in [0.25, 0.3) is 10.9 Å². The van der Waals surface area contributed by atoms with Gasteiger partial charge in [0.2, 0.25) is 5.91 Å². The Balaban J connectivity index is 1.64. The van der Waals surface area contributed by atoms with Gasteiger partial charge in [-0.3, -0.25) is 4.79 Å². The summed E-state index contributed by atoms with van der Waals surface area (Å²) in [6, 6.07) is 11.7. The molecule has 3 aromatic rings. The van der Waals surface area contributed by atoms with Crippen LogP contribution in [0.15, 0.2) is 42.6 Å². The number of nitrogens with zero attached hydrogens (tertiary/aromatic N) is 3. The molecule has 2 aromatic heterocycles. The lowest BCUT2D eigenvalue weighted by Gasteiger charge is -2.21. The van der Waals surface area contributed by atoms with Crippen LogP contribution in [0.1, 0.15) is 32.3 Å². The largest absolute Gasteiger partial charge is 0.361 e. The van der Waals surface area contributed by atoms with E-state index in [1.807, 2.05) is 42.6 Å². The Labute approximate surface area is 153 Å². The number of hydrogen-bond acceptors (Lipinski definition) is 4. The van der Waals surface area contributed by atoms with Crippen LogP contribution >= 0.6 is 0 Å². The fourth-order valence-electron chi connectivity index (χ4n) is 3.08.